The SMILES string of the molecule is O=C1[C@@H]2[C@@H](C(=O)N1c1ccccc1)[C@@H]1C=C[C@H]2[C@@]23CCCC[C@@]12CC3. The maximum Gasteiger partial charge on any atom is 0.238 e. The lowest BCUT2D eigenvalue weighted by molar-refractivity contribution is -0.232. The molecule has 0 N–H and O–H groups in total. The van der Waals surface area contributed by atoms with Gasteiger partial charge in [-0.15, -0.1) is 0 Å². The van der Waals surface area contributed by atoms with Gasteiger partial charge in [0.15, 0.2) is 0 Å². The van der Waals surface area contributed by atoms with Gasteiger partial charge in [-0.25, -0.2) is 0 Å². The summed E-state index contributed by atoms with van der Waals surface area (Å²) >= 11 is 0. The summed E-state index contributed by atoms with van der Waals surface area (Å²) in [4.78, 5) is 28.2. The molecule has 1 aromatic carbocycles. The second-order valence-corrected chi connectivity index (χ2v) is 8.85. The summed E-state index contributed by atoms with van der Waals surface area (Å²) in [6.07, 6.45) is 12.3. The average molecular weight is 333 g/mol. The van der Waals surface area contributed by atoms with E-state index in [1.54, 1.807) is 0 Å². The summed E-state index contributed by atoms with van der Waals surface area (Å²) in [5.41, 5.74) is 1.37. The molecule has 128 valence electrons. The van der Waals surface area contributed by atoms with E-state index in [0.717, 1.165) is 5.69 Å². The topological polar surface area (TPSA) is 37.4 Å². The molecule has 3 heteroatoms. The summed E-state index contributed by atoms with van der Waals surface area (Å²) in [7, 11) is 0. The average Bonchev–Trinajstić information content (AvgIpc) is 2.90. The molecule has 1 aromatic rings. The Kier molecular flexibility index (Phi) is 2.53. The maximum atomic E-state index is 13.4. The lowest BCUT2D eigenvalue weighted by Crippen LogP contribution is -2.69. The Morgan fingerprint density at radius 3 is 1.76 bits per heavy atom. The smallest absolute Gasteiger partial charge is 0.238 e. The van der Waals surface area contributed by atoms with Crippen molar-refractivity contribution in [3.05, 3.63) is 42.5 Å². The highest BCUT2D eigenvalue weighted by atomic mass is 16.2. The van der Waals surface area contributed by atoms with E-state index in [1.165, 1.54) is 43.4 Å². The van der Waals surface area contributed by atoms with Gasteiger partial charge in [-0.3, -0.25) is 14.5 Å². The molecule has 5 aliphatic carbocycles. The van der Waals surface area contributed by atoms with Gasteiger partial charge in [0.05, 0.1) is 17.5 Å². The van der Waals surface area contributed by atoms with Gasteiger partial charge in [-0.05, 0) is 60.5 Å². The summed E-state index contributed by atoms with van der Waals surface area (Å²) in [5.74, 6) is 0.439. The third kappa shape index (κ3) is 1.39. The predicted molar refractivity (Wildman–Crippen MR) is 94.6 cm³/mol. The van der Waals surface area contributed by atoms with E-state index < -0.39 is 0 Å². The van der Waals surface area contributed by atoms with E-state index >= 15 is 0 Å². The zero-order chi connectivity index (χ0) is 16.8. The second kappa shape index (κ2) is 4.44. The van der Waals surface area contributed by atoms with Gasteiger partial charge < -0.3 is 0 Å². The molecule has 6 aliphatic rings. The number of anilines is 1. The van der Waals surface area contributed by atoms with E-state index in [-0.39, 0.29) is 35.5 Å². The lowest BCUT2D eigenvalue weighted by atomic mass is 9.29. The van der Waals surface area contributed by atoms with Crippen LogP contribution in [-0.4, -0.2) is 11.8 Å². The number of carbonyl (C=O) groups is 2. The van der Waals surface area contributed by atoms with Crippen LogP contribution in [0.5, 0.6) is 0 Å². The fourth-order valence-electron chi connectivity index (χ4n) is 7.56. The van der Waals surface area contributed by atoms with E-state index in [9.17, 15) is 9.59 Å². The normalized spacial score (nSPS) is 46.5. The molecule has 6 atom stereocenters. The van der Waals surface area contributed by atoms with Crippen LogP contribution < -0.4 is 4.90 Å². The van der Waals surface area contributed by atoms with Crippen LogP contribution in [0.3, 0.4) is 0 Å². The van der Waals surface area contributed by atoms with Crippen molar-refractivity contribution in [3.8, 4) is 0 Å². The quantitative estimate of drug-likeness (QED) is 0.576. The first-order valence-corrected chi connectivity index (χ1v) is 9.81. The highest BCUT2D eigenvalue weighted by Gasteiger charge is 2.76. The van der Waals surface area contributed by atoms with Crippen LogP contribution in [0, 0.1) is 34.5 Å². The maximum absolute atomic E-state index is 13.4. The zero-order valence-corrected chi connectivity index (χ0v) is 14.4. The van der Waals surface area contributed by atoms with Gasteiger partial charge in [0.25, 0.3) is 0 Å². The van der Waals surface area contributed by atoms with E-state index in [2.05, 4.69) is 12.2 Å². The molecule has 0 aromatic heterocycles. The van der Waals surface area contributed by atoms with Gasteiger partial charge in [0.1, 0.15) is 0 Å². The molecule has 1 saturated heterocycles. The minimum Gasteiger partial charge on any atom is -0.274 e. The fourth-order valence-corrected chi connectivity index (χ4v) is 7.56. The van der Waals surface area contributed by atoms with Crippen molar-refractivity contribution in [2.24, 2.45) is 34.5 Å². The van der Waals surface area contributed by atoms with Crippen molar-refractivity contribution >= 4 is 17.5 Å². The number of para-hydroxylation sites is 1. The molecule has 0 radical (unpaired) electrons. The molecule has 1 heterocycles. The van der Waals surface area contributed by atoms with E-state index in [4.69, 9.17) is 0 Å². The Labute approximate surface area is 148 Å². The first kappa shape index (κ1) is 14.3. The lowest BCUT2D eigenvalue weighted by Gasteiger charge is -2.74. The Morgan fingerprint density at radius 2 is 1.28 bits per heavy atom. The van der Waals surface area contributed by atoms with Crippen molar-refractivity contribution in [3.63, 3.8) is 0 Å². The number of allylic oxidation sites excluding steroid dienone is 2. The first-order chi connectivity index (χ1) is 12.2. The van der Waals surface area contributed by atoms with Gasteiger partial charge in [0, 0.05) is 0 Å². The van der Waals surface area contributed by atoms with Crippen LogP contribution in [0.15, 0.2) is 42.5 Å². The van der Waals surface area contributed by atoms with Crippen LogP contribution in [0.25, 0.3) is 0 Å². The number of hydrogen-bond donors (Lipinski definition) is 0. The molecule has 25 heavy (non-hydrogen) atoms. The predicted octanol–water partition coefficient (Wildman–Crippen LogP) is 3.95. The van der Waals surface area contributed by atoms with Crippen LogP contribution >= 0.6 is 0 Å². The molecule has 0 spiro atoms. The Hall–Kier alpha value is -1.90. The molecule has 4 fully saturated rings. The van der Waals surface area contributed by atoms with Crippen LogP contribution in [0.4, 0.5) is 5.69 Å². The van der Waals surface area contributed by atoms with Crippen molar-refractivity contribution in [2.75, 3.05) is 4.90 Å². The molecule has 0 unspecified atom stereocenters. The summed E-state index contributed by atoms with van der Waals surface area (Å²) in [5, 5.41) is 0. The number of rotatable bonds is 1. The molecule has 2 amide bonds. The van der Waals surface area contributed by atoms with Crippen molar-refractivity contribution in [2.45, 2.75) is 38.5 Å². The molecular formula is C22H23NO2. The van der Waals surface area contributed by atoms with Gasteiger partial charge >= 0.3 is 0 Å². The largest absolute Gasteiger partial charge is 0.274 e. The number of carbonyl (C=O) groups excluding carboxylic acids is 2. The van der Waals surface area contributed by atoms with E-state index in [1.807, 2.05) is 30.3 Å². The van der Waals surface area contributed by atoms with Crippen molar-refractivity contribution in [1.29, 1.82) is 0 Å². The summed E-state index contributed by atoms with van der Waals surface area (Å²) in [6, 6.07) is 9.53. The van der Waals surface area contributed by atoms with Crippen LogP contribution in [0.2, 0.25) is 0 Å². The molecule has 7 rings (SSSR count). The minimum atomic E-state index is -0.116. The third-order valence-corrected chi connectivity index (χ3v) is 8.49. The highest BCUT2D eigenvalue weighted by Crippen LogP contribution is 2.79. The molecule has 2 bridgehead atoms. The number of imide groups is 1. The van der Waals surface area contributed by atoms with E-state index in [0.29, 0.717) is 10.8 Å². The standard InChI is InChI=1S/C22H23NO2/c24-19-17-15-8-9-16(22-11-5-4-10-21(15,22)12-13-22)18(17)20(25)23(19)14-6-2-1-3-7-14/h1-3,6-9,15-18H,4-5,10-13H2/t15-,16+,17-,18-,21+,22-/m0/s1. The second-order valence-electron chi connectivity index (χ2n) is 8.85. The highest BCUT2D eigenvalue weighted by molar-refractivity contribution is 6.22. The third-order valence-electron chi connectivity index (χ3n) is 8.49. The van der Waals surface area contributed by atoms with Crippen molar-refractivity contribution < 1.29 is 9.59 Å². The van der Waals surface area contributed by atoms with Crippen LogP contribution in [-0.2, 0) is 9.59 Å². The molecular weight excluding hydrogens is 310 g/mol. The number of amides is 2. The Morgan fingerprint density at radius 1 is 0.760 bits per heavy atom. The monoisotopic (exact) mass is 333 g/mol. The summed E-state index contributed by atoms with van der Waals surface area (Å²) in [6.45, 7) is 0. The molecule has 3 nitrogen and oxygen atoms in total. The van der Waals surface area contributed by atoms with Gasteiger partial charge in [-0.2, -0.15) is 0 Å². The van der Waals surface area contributed by atoms with Crippen molar-refractivity contribution in [1.82, 2.24) is 0 Å². The number of hydrogen-bond acceptors (Lipinski definition) is 2. The summed E-state index contributed by atoms with van der Waals surface area (Å²) < 4.78 is 0. The van der Waals surface area contributed by atoms with Gasteiger partial charge in [-0.1, -0.05) is 43.2 Å². The zero-order valence-electron chi connectivity index (χ0n) is 14.4. The number of nitrogens with zero attached hydrogens (tertiary/aromatic N) is 1. The van der Waals surface area contributed by atoms with Crippen LogP contribution in [0.1, 0.15) is 38.5 Å². The fraction of sp³-hybridized carbons (Fsp3) is 0.545. The minimum absolute atomic E-state index is 0.0565. The number of benzene rings is 1. The Balaban J connectivity index is 1.50. The molecule has 1 aliphatic heterocycles. The molecule has 3 saturated carbocycles. The van der Waals surface area contributed by atoms with Gasteiger partial charge in [0.2, 0.25) is 11.8 Å². The Bertz CT molecular complexity index is 767. The first-order valence-electron chi connectivity index (χ1n) is 9.81.